The fourth-order valence-electron chi connectivity index (χ4n) is 1.48. The summed E-state index contributed by atoms with van der Waals surface area (Å²) in [6, 6.07) is 9.71. The molecule has 0 aliphatic carbocycles. The number of hydrogen-bond donors (Lipinski definition) is 1. The van der Waals surface area contributed by atoms with Crippen molar-refractivity contribution in [3.63, 3.8) is 0 Å². The molecule has 0 aliphatic heterocycles. The maximum Gasteiger partial charge on any atom is 0.230 e. The minimum Gasteiger partial charge on any atom is -0.310 e. The molecule has 3 nitrogen and oxygen atoms in total. The lowest BCUT2D eigenvalue weighted by molar-refractivity contribution is -0.115. The van der Waals surface area contributed by atoms with Gasteiger partial charge in [-0.2, -0.15) is 0 Å². The largest absolute Gasteiger partial charge is 0.310 e. The summed E-state index contributed by atoms with van der Waals surface area (Å²) in [7, 11) is 0. The molecule has 1 aromatic carbocycles. The van der Waals surface area contributed by atoms with E-state index in [4.69, 9.17) is 0 Å². The van der Waals surface area contributed by atoms with Crippen LogP contribution in [0.3, 0.4) is 0 Å². The number of amides is 1. The first-order valence-corrected chi connectivity index (χ1v) is 6.09. The number of anilines is 1. The molecule has 18 heavy (non-hydrogen) atoms. The molecule has 1 heterocycles. The summed E-state index contributed by atoms with van der Waals surface area (Å²) < 4.78 is 14.2. The third-order valence-corrected chi connectivity index (χ3v) is 2.78. The van der Waals surface area contributed by atoms with E-state index in [1.54, 1.807) is 36.5 Å². The fourth-order valence-corrected chi connectivity index (χ4v) is 1.88. The Morgan fingerprint density at radius 3 is 2.89 bits per heavy atom. The van der Waals surface area contributed by atoms with Crippen LogP contribution in [0.1, 0.15) is 5.56 Å². The first-order valence-electron chi connectivity index (χ1n) is 5.30. The highest BCUT2D eigenvalue weighted by molar-refractivity contribution is 9.10. The summed E-state index contributed by atoms with van der Waals surface area (Å²) in [5.41, 5.74) is 0.345. The van der Waals surface area contributed by atoms with E-state index in [1.165, 1.54) is 6.07 Å². The highest BCUT2D eigenvalue weighted by Crippen LogP contribution is 2.16. The summed E-state index contributed by atoms with van der Waals surface area (Å²) in [6.45, 7) is 0. The number of hydrogen-bond acceptors (Lipinski definition) is 2. The van der Waals surface area contributed by atoms with E-state index in [-0.39, 0.29) is 12.3 Å². The van der Waals surface area contributed by atoms with Gasteiger partial charge in [0.2, 0.25) is 5.91 Å². The fraction of sp³-hybridized carbons (Fsp3) is 0.0769. The van der Waals surface area contributed by atoms with Gasteiger partial charge >= 0.3 is 0 Å². The van der Waals surface area contributed by atoms with Crippen LogP contribution in [0.15, 0.2) is 47.1 Å². The summed E-state index contributed by atoms with van der Waals surface area (Å²) in [5.74, 6) is -0.238. The van der Waals surface area contributed by atoms with Gasteiger partial charge in [0.25, 0.3) is 0 Å². The molecular formula is C13H10BrFN2O. The van der Waals surface area contributed by atoms with Gasteiger partial charge in [-0.1, -0.05) is 22.0 Å². The smallest absolute Gasteiger partial charge is 0.230 e. The molecule has 1 N–H and O–H groups in total. The topological polar surface area (TPSA) is 42.0 Å². The van der Waals surface area contributed by atoms with Crippen LogP contribution in [-0.4, -0.2) is 10.9 Å². The van der Waals surface area contributed by atoms with Crippen molar-refractivity contribution in [2.45, 2.75) is 6.42 Å². The van der Waals surface area contributed by atoms with Crippen LogP contribution >= 0.6 is 15.9 Å². The van der Waals surface area contributed by atoms with Crippen molar-refractivity contribution in [1.29, 1.82) is 0 Å². The quantitative estimate of drug-likeness (QED) is 0.946. The monoisotopic (exact) mass is 308 g/mol. The number of aromatic nitrogens is 1. The molecule has 5 heteroatoms. The Balaban J connectivity index is 2.05. The predicted octanol–water partition coefficient (Wildman–Crippen LogP) is 3.16. The van der Waals surface area contributed by atoms with E-state index in [2.05, 4.69) is 26.2 Å². The van der Waals surface area contributed by atoms with Crippen molar-refractivity contribution in [2.24, 2.45) is 0 Å². The lowest BCUT2D eigenvalue weighted by Crippen LogP contribution is -2.15. The molecule has 92 valence electrons. The number of carbonyl (C=O) groups is 1. The van der Waals surface area contributed by atoms with Gasteiger partial charge in [0.15, 0.2) is 0 Å². The van der Waals surface area contributed by atoms with E-state index < -0.39 is 5.82 Å². The van der Waals surface area contributed by atoms with E-state index in [0.29, 0.717) is 11.4 Å². The highest BCUT2D eigenvalue weighted by atomic mass is 79.9. The van der Waals surface area contributed by atoms with E-state index >= 15 is 0 Å². The molecular weight excluding hydrogens is 299 g/mol. The lowest BCUT2D eigenvalue weighted by Gasteiger charge is -2.05. The number of pyridine rings is 1. The molecule has 1 aromatic heterocycles. The van der Waals surface area contributed by atoms with Crippen molar-refractivity contribution >= 4 is 27.7 Å². The van der Waals surface area contributed by atoms with Gasteiger partial charge in [-0.05, 0) is 35.9 Å². The molecule has 0 spiro atoms. The molecule has 1 amide bonds. The van der Waals surface area contributed by atoms with E-state index in [1.807, 2.05) is 0 Å². The summed E-state index contributed by atoms with van der Waals surface area (Å²) >= 11 is 3.24. The summed E-state index contributed by atoms with van der Waals surface area (Å²) in [5, 5.41) is 2.61. The van der Waals surface area contributed by atoms with Crippen molar-refractivity contribution < 1.29 is 9.18 Å². The van der Waals surface area contributed by atoms with Crippen LogP contribution < -0.4 is 5.32 Å². The minimum absolute atomic E-state index is 0.0259. The van der Waals surface area contributed by atoms with Gasteiger partial charge in [0.05, 0.1) is 6.42 Å². The minimum atomic E-state index is -0.394. The summed E-state index contributed by atoms with van der Waals surface area (Å²) in [4.78, 5) is 15.7. The zero-order valence-electron chi connectivity index (χ0n) is 9.36. The molecule has 0 bridgehead atoms. The van der Waals surface area contributed by atoms with E-state index in [9.17, 15) is 9.18 Å². The average molecular weight is 309 g/mol. The van der Waals surface area contributed by atoms with Crippen LogP contribution in [0.5, 0.6) is 0 Å². The predicted molar refractivity (Wildman–Crippen MR) is 70.7 cm³/mol. The average Bonchev–Trinajstić information content (AvgIpc) is 2.35. The molecule has 0 atom stereocenters. The molecule has 0 radical (unpaired) electrons. The number of nitrogens with zero attached hydrogens (tertiary/aromatic N) is 1. The summed E-state index contributed by atoms with van der Waals surface area (Å²) in [6.07, 6.45) is 1.55. The Kier molecular flexibility index (Phi) is 4.04. The van der Waals surface area contributed by atoms with Crippen molar-refractivity contribution in [3.05, 3.63) is 58.4 Å². The number of carbonyl (C=O) groups excluding carboxylic acids is 1. The van der Waals surface area contributed by atoms with Crippen LogP contribution in [0, 0.1) is 5.82 Å². The van der Waals surface area contributed by atoms with Crippen molar-refractivity contribution in [2.75, 3.05) is 5.32 Å². The Hall–Kier alpha value is -1.75. The third-order valence-electron chi connectivity index (χ3n) is 2.29. The molecule has 0 saturated carbocycles. The van der Waals surface area contributed by atoms with Crippen LogP contribution in [0.4, 0.5) is 10.2 Å². The number of halogens is 2. The van der Waals surface area contributed by atoms with Crippen molar-refractivity contribution in [3.8, 4) is 0 Å². The SMILES string of the molecule is O=C(Cc1cc(Br)ccc1F)Nc1ccccn1. The van der Waals surface area contributed by atoms with Gasteiger partial charge in [0, 0.05) is 10.7 Å². The first-order chi connectivity index (χ1) is 8.65. The molecule has 2 rings (SSSR count). The number of rotatable bonds is 3. The first kappa shape index (κ1) is 12.7. The van der Waals surface area contributed by atoms with Crippen LogP contribution in [0.2, 0.25) is 0 Å². The molecule has 0 fully saturated rings. The molecule has 2 aromatic rings. The third kappa shape index (κ3) is 3.37. The Labute approximate surface area is 112 Å². The maximum atomic E-state index is 13.5. The standard InChI is InChI=1S/C13H10BrFN2O/c14-10-4-5-11(15)9(7-10)8-13(18)17-12-3-1-2-6-16-12/h1-7H,8H2,(H,16,17,18). The normalized spacial score (nSPS) is 10.1. The second-order valence-electron chi connectivity index (χ2n) is 3.68. The molecule has 0 aliphatic rings. The number of nitrogens with one attached hydrogen (secondary N) is 1. The van der Waals surface area contributed by atoms with Gasteiger partial charge in [-0.25, -0.2) is 9.37 Å². The maximum absolute atomic E-state index is 13.5. The Morgan fingerprint density at radius 2 is 2.17 bits per heavy atom. The molecule has 0 unspecified atom stereocenters. The Bertz CT molecular complexity index is 560. The lowest BCUT2D eigenvalue weighted by atomic mass is 10.1. The van der Waals surface area contributed by atoms with Gasteiger partial charge < -0.3 is 5.32 Å². The highest BCUT2D eigenvalue weighted by Gasteiger charge is 2.09. The second kappa shape index (κ2) is 5.73. The van der Waals surface area contributed by atoms with Gasteiger partial charge in [-0.3, -0.25) is 4.79 Å². The zero-order valence-corrected chi connectivity index (χ0v) is 10.9. The second-order valence-corrected chi connectivity index (χ2v) is 4.59. The van der Waals surface area contributed by atoms with Gasteiger partial charge in [0.1, 0.15) is 11.6 Å². The van der Waals surface area contributed by atoms with Crippen LogP contribution in [0.25, 0.3) is 0 Å². The Morgan fingerprint density at radius 1 is 1.33 bits per heavy atom. The number of benzene rings is 1. The molecule has 0 saturated heterocycles. The van der Waals surface area contributed by atoms with Crippen LogP contribution in [-0.2, 0) is 11.2 Å². The van der Waals surface area contributed by atoms with E-state index in [0.717, 1.165) is 4.47 Å². The van der Waals surface area contributed by atoms with Crippen molar-refractivity contribution in [1.82, 2.24) is 4.98 Å². The zero-order chi connectivity index (χ0) is 13.0. The van der Waals surface area contributed by atoms with Gasteiger partial charge in [-0.15, -0.1) is 0 Å².